The fraction of sp³-hybridized carbons (Fsp3) is 0.409. The van der Waals surface area contributed by atoms with Gasteiger partial charge in [0.1, 0.15) is 5.75 Å². The van der Waals surface area contributed by atoms with Gasteiger partial charge in [-0.05, 0) is 68.5 Å². The summed E-state index contributed by atoms with van der Waals surface area (Å²) in [7, 11) is -3.44. The van der Waals surface area contributed by atoms with Gasteiger partial charge in [-0.3, -0.25) is 4.79 Å². The Kier molecular flexibility index (Phi) is 6.92. The van der Waals surface area contributed by atoms with Gasteiger partial charge < -0.3 is 10.1 Å². The molecule has 1 fully saturated rings. The van der Waals surface area contributed by atoms with Crippen molar-refractivity contribution in [1.82, 2.24) is 9.62 Å². The summed E-state index contributed by atoms with van der Waals surface area (Å²) in [4.78, 5) is 12.8. The first-order valence-electron chi connectivity index (χ1n) is 9.98. The first kappa shape index (κ1) is 21.3. The van der Waals surface area contributed by atoms with Crippen molar-refractivity contribution in [1.29, 1.82) is 0 Å². The van der Waals surface area contributed by atoms with Crippen molar-refractivity contribution in [3.63, 3.8) is 0 Å². The van der Waals surface area contributed by atoms with E-state index in [-0.39, 0.29) is 11.8 Å². The van der Waals surface area contributed by atoms with E-state index < -0.39 is 10.0 Å². The molecule has 0 spiro atoms. The summed E-state index contributed by atoms with van der Waals surface area (Å²) >= 11 is 0. The summed E-state index contributed by atoms with van der Waals surface area (Å²) in [6.07, 6.45) is 1.46. The van der Waals surface area contributed by atoms with Crippen LogP contribution in [0.2, 0.25) is 0 Å². The second-order valence-corrected chi connectivity index (χ2v) is 9.22. The zero-order valence-corrected chi connectivity index (χ0v) is 17.7. The van der Waals surface area contributed by atoms with Crippen LogP contribution < -0.4 is 10.1 Å². The van der Waals surface area contributed by atoms with Crippen molar-refractivity contribution < 1.29 is 17.9 Å². The van der Waals surface area contributed by atoms with Gasteiger partial charge >= 0.3 is 0 Å². The molecule has 6 nitrogen and oxygen atoms in total. The lowest BCUT2D eigenvalue weighted by atomic mass is 9.98. The van der Waals surface area contributed by atoms with E-state index in [0.717, 1.165) is 24.2 Å². The summed E-state index contributed by atoms with van der Waals surface area (Å²) in [5, 5.41) is 2.98. The topological polar surface area (TPSA) is 75.7 Å². The number of nitrogens with zero attached hydrogens (tertiary/aromatic N) is 1. The standard InChI is InChI=1S/C22H28N2O4S/c1-3-28-21-10-9-19(15-17(21)2)22(25)23-16-18-11-13-24(14-12-18)29(26,27)20-7-5-4-6-8-20/h4-10,15,18H,3,11-14,16H2,1-2H3,(H,23,25). The number of benzene rings is 2. The molecule has 0 aromatic heterocycles. The van der Waals surface area contributed by atoms with E-state index in [4.69, 9.17) is 4.74 Å². The number of hydrogen-bond acceptors (Lipinski definition) is 4. The number of carbonyl (C=O) groups is 1. The highest BCUT2D eigenvalue weighted by Gasteiger charge is 2.29. The summed E-state index contributed by atoms with van der Waals surface area (Å²) in [5.41, 5.74) is 1.54. The number of amides is 1. The fourth-order valence-corrected chi connectivity index (χ4v) is 5.03. The zero-order valence-electron chi connectivity index (χ0n) is 16.9. The van der Waals surface area contributed by atoms with E-state index >= 15 is 0 Å². The van der Waals surface area contributed by atoms with Crippen molar-refractivity contribution in [2.45, 2.75) is 31.6 Å². The molecule has 0 unspecified atom stereocenters. The molecular formula is C22H28N2O4S. The fourth-order valence-electron chi connectivity index (χ4n) is 3.54. The SMILES string of the molecule is CCOc1ccc(C(=O)NCC2CCN(S(=O)(=O)c3ccccc3)CC2)cc1C. The minimum absolute atomic E-state index is 0.115. The summed E-state index contributed by atoms with van der Waals surface area (Å²) in [6, 6.07) is 13.9. The molecule has 2 aromatic carbocycles. The van der Waals surface area contributed by atoms with Crippen LogP contribution in [0.15, 0.2) is 53.4 Å². The van der Waals surface area contributed by atoms with Crippen LogP contribution in [-0.4, -0.2) is 44.9 Å². The van der Waals surface area contributed by atoms with Crippen LogP contribution >= 0.6 is 0 Å². The molecule has 7 heteroatoms. The molecule has 0 radical (unpaired) electrons. The summed E-state index contributed by atoms with van der Waals surface area (Å²) in [5.74, 6) is 0.941. The Morgan fingerprint density at radius 2 is 1.83 bits per heavy atom. The molecule has 1 aliphatic rings. The predicted octanol–water partition coefficient (Wildman–Crippen LogP) is 3.22. The number of nitrogens with one attached hydrogen (secondary N) is 1. The highest BCUT2D eigenvalue weighted by molar-refractivity contribution is 7.89. The maximum atomic E-state index is 12.7. The molecule has 2 aromatic rings. The molecular weight excluding hydrogens is 388 g/mol. The second-order valence-electron chi connectivity index (χ2n) is 7.28. The van der Waals surface area contributed by atoms with Crippen LogP contribution in [-0.2, 0) is 10.0 Å². The van der Waals surface area contributed by atoms with Crippen LogP contribution in [0.4, 0.5) is 0 Å². The molecule has 1 saturated heterocycles. The maximum absolute atomic E-state index is 12.7. The van der Waals surface area contributed by atoms with E-state index in [1.165, 1.54) is 4.31 Å². The maximum Gasteiger partial charge on any atom is 0.251 e. The van der Waals surface area contributed by atoms with Crippen LogP contribution in [0.1, 0.15) is 35.7 Å². The zero-order chi connectivity index (χ0) is 20.9. The van der Waals surface area contributed by atoms with E-state index in [2.05, 4.69) is 5.32 Å². The van der Waals surface area contributed by atoms with Crippen molar-refractivity contribution in [2.24, 2.45) is 5.92 Å². The van der Waals surface area contributed by atoms with Gasteiger partial charge in [-0.2, -0.15) is 4.31 Å². The Balaban J connectivity index is 1.51. The first-order chi connectivity index (χ1) is 13.9. The molecule has 156 valence electrons. The molecule has 3 rings (SSSR count). The lowest BCUT2D eigenvalue weighted by molar-refractivity contribution is 0.0941. The molecule has 0 bridgehead atoms. The van der Waals surface area contributed by atoms with Crippen LogP contribution in [0.25, 0.3) is 0 Å². The lowest BCUT2D eigenvalue weighted by Crippen LogP contribution is -2.41. The van der Waals surface area contributed by atoms with Crippen LogP contribution in [0.5, 0.6) is 5.75 Å². The Bertz CT molecular complexity index is 937. The Labute approximate surface area is 172 Å². The predicted molar refractivity (Wildman–Crippen MR) is 113 cm³/mol. The van der Waals surface area contributed by atoms with Gasteiger partial charge in [-0.25, -0.2) is 8.42 Å². The monoisotopic (exact) mass is 416 g/mol. The highest BCUT2D eigenvalue weighted by atomic mass is 32.2. The molecule has 0 aliphatic carbocycles. The van der Waals surface area contributed by atoms with Gasteiger partial charge in [0.25, 0.3) is 5.91 Å². The highest BCUT2D eigenvalue weighted by Crippen LogP contribution is 2.24. The van der Waals surface area contributed by atoms with Crippen molar-refractivity contribution in [3.8, 4) is 5.75 Å². The molecule has 1 heterocycles. The van der Waals surface area contributed by atoms with Gasteiger partial charge in [-0.1, -0.05) is 18.2 Å². The third-order valence-electron chi connectivity index (χ3n) is 5.24. The largest absolute Gasteiger partial charge is 0.494 e. The van der Waals surface area contributed by atoms with E-state index in [9.17, 15) is 13.2 Å². The number of piperidine rings is 1. The van der Waals surface area contributed by atoms with E-state index in [1.54, 1.807) is 36.4 Å². The molecule has 0 saturated carbocycles. The first-order valence-corrected chi connectivity index (χ1v) is 11.4. The summed E-state index contributed by atoms with van der Waals surface area (Å²) < 4.78 is 32.4. The third-order valence-corrected chi connectivity index (χ3v) is 7.16. The average molecular weight is 417 g/mol. The number of hydrogen-bond donors (Lipinski definition) is 1. The number of sulfonamides is 1. The number of carbonyl (C=O) groups excluding carboxylic acids is 1. The number of ether oxygens (including phenoxy) is 1. The van der Waals surface area contributed by atoms with Crippen molar-refractivity contribution in [2.75, 3.05) is 26.2 Å². The second kappa shape index (κ2) is 9.41. The number of aryl methyl sites for hydroxylation is 1. The Morgan fingerprint density at radius 3 is 2.45 bits per heavy atom. The van der Waals surface area contributed by atoms with E-state index in [0.29, 0.717) is 36.7 Å². The van der Waals surface area contributed by atoms with E-state index in [1.807, 2.05) is 26.0 Å². The van der Waals surface area contributed by atoms with Crippen LogP contribution in [0, 0.1) is 12.8 Å². The van der Waals surface area contributed by atoms with Crippen molar-refractivity contribution >= 4 is 15.9 Å². The lowest BCUT2D eigenvalue weighted by Gasteiger charge is -2.31. The summed E-state index contributed by atoms with van der Waals surface area (Å²) in [6.45, 7) is 5.93. The molecule has 29 heavy (non-hydrogen) atoms. The Morgan fingerprint density at radius 1 is 1.14 bits per heavy atom. The quantitative estimate of drug-likeness (QED) is 0.752. The Hall–Kier alpha value is -2.38. The van der Waals surface area contributed by atoms with Crippen LogP contribution in [0.3, 0.4) is 0 Å². The minimum Gasteiger partial charge on any atom is -0.494 e. The number of rotatable bonds is 7. The van der Waals surface area contributed by atoms with Gasteiger partial charge in [0.2, 0.25) is 10.0 Å². The average Bonchev–Trinajstić information content (AvgIpc) is 2.74. The third kappa shape index (κ3) is 5.16. The van der Waals surface area contributed by atoms with Gasteiger partial charge in [0.15, 0.2) is 0 Å². The van der Waals surface area contributed by atoms with Crippen molar-refractivity contribution in [3.05, 3.63) is 59.7 Å². The normalized spacial score (nSPS) is 15.8. The molecule has 1 amide bonds. The van der Waals surface area contributed by atoms with Gasteiger partial charge in [0.05, 0.1) is 11.5 Å². The van der Waals surface area contributed by atoms with Gasteiger partial charge in [0, 0.05) is 25.2 Å². The minimum atomic E-state index is -3.44. The van der Waals surface area contributed by atoms with Gasteiger partial charge in [-0.15, -0.1) is 0 Å². The molecule has 1 aliphatic heterocycles. The molecule has 0 atom stereocenters. The smallest absolute Gasteiger partial charge is 0.251 e. The molecule has 1 N–H and O–H groups in total.